The molecule has 24 heavy (non-hydrogen) atoms. The molecule has 126 valence electrons. The number of halogens is 1. The summed E-state index contributed by atoms with van der Waals surface area (Å²) in [4.78, 5) is 24.4. The zero-order valence-electron chi connectivity index (χ0n) is 13.3. The minimum Gasteiger partial charge on any atom is -0.376 e. The summed E-state index contributed by atoms with van der Waals surface area (Å²) in [6.07, 6.45) is 1.80. The lowest BCUT2D eigenvalue weighted by Crippen LogP contribution is -2.36. The molecular formula is C17H18FN3O3. The van der Waals surface area contributed by atoms with E-state index >= 15 is 0 Å². The third-order valence-electron chi connectivity index (χ3n) is 3.92. The number of hydrogen-bond acceptors (Lipinski definition) is 4. The van der Waals surface area contributed by atoms with Crippen molar-refractivity contribution in [2.24, 2.45) is 0 Å². The lowest BCUT2D eigenvalue weighted by Gasteiger charge is -2.13. The first-order valence-corrected chi connectivity index (χ1v) is 7.82. The van der Waals surface area contributed by atoms with Gasteiger partial charge in [0, 0.05) is 24.9 Å². The van der Waals surface area contributed by atoms with Gasteiger partial charge in [-0.05, 0) is 31.9 Å². The first-order valence-electron chi connectivity index (χ1n) is 7.82. The third-order valence-corrected chi connectivity index (χ3v) is 3.92. The van der Waals surface area contributed by atoms with Crippen LogP contribution >= 0.6 is 0 Å². The van der Waals surface area contributed by atoms with Crippen LogP contribution in [0.15, 0.2) is 35.1 Å². The van der Waals surface area contributed by atoms with Crippen LogP contribution in [0.25, 0.3) is 5.69 Å². The summed E-state index contributed by atoms with van der Waals surface area (Å²) in [7, 11) is 0. The number of amides is 1. The number of aryl methyl sites for hydroxylation is 1. The van der Waals surface area contributed by atoms with Crippen LogP contribution in [-0.2, 0) is 4.74 Å². The van der Waals surface area contributed by atoms with Gasteiger partial charge in [-0.3, -0.25) is 9.59 Å². The average molecular weight is 331 g/mol. The van der Waals surface area contributed by atoms with E-state index in [0.29, 0.717) is 18.8 Å². The van der Waals surface area contributed by atoms with Crippen molar-refractivity contribution in [2.45, 2.75) is 25.9 Å². The molecule has 1 atom stereocenters. The molecule has 0 spiro atoms. The Bertz CT molecular complexity index is 813. The van der Waals surface area contributed by atoms with Gasteiger partial charge < -0.3 is 10.1 Å². The van der Waals surface area contributed by atoms with Gasteiger partial charge >= 0.3 is 0 Å². The third kappa shape index (κ3) is 3.35. The van der Waals surface area contributed by atoms with Gasteiger partial charge in [0.25, 0.3) is 5.91 Å². The standard InChI is InChI=1S/C17H18FN3O3/c1-11-9-15(22)16(17(23)19-10-12-5-4-8-24-12)20-21(11)14-7-3-2-6-13(14)18/h2-3,6-7,9,12H,4-5,8,10H2,1H3,(H,19,23)/t12-/m1/s1. The number of nitrogens with one attached hydrogen (secondary N) is 1. The molecule has 6 nitrogen and oxygen atoms in total. The Labute approximate surface area is 138 Å². The number of nitrogens with zero attached hydrogens (tertiary/aromatic N) is 2. The quantitative estimate of drug-likeness (QED) is 0.923. The van der Waals surface area contributed by atoms with Crippen LogP contribution in [0.3, 0.4) is 0 Å². The average Bonchev–Trinajstić information content (AvgIpc) is 3.07. The number of benzene rings is 1. The molecule has 1 fully saturated rings. The Hall–Kier alpha value is -2.54. The number of rotatable bonds is 4. The Morgan fingerprint density at radius 3 is 2.96 bits per heavy atom. The second-order valence-electron chi connectivity index (χ2n) is 5.71. The Morgan fingerprint density at radius 2 is 2.25 bits per heavy atom. The van der Waals surface area contributed by atoms with Crippen LogP contribution in [0, 0.1) is 12.7 Å². The molecule has 2 aromatic rings. The number of aromatic nitrogens is 2. The highest BCUT2D eigenvalue weighted by Gasteiger charge is 2.20. The monoisotopic (exact) mass is 331 g/mol. The van der Waals surface area contributed by atoms with Gasteiger partial charge in [0.05, 0.1) is 6.10 Å². The maximum absolute atomic E-state index is 14.0. The summed E-state index contributed by atoms with van der Waals surface area (Å²) in [5.41, 5.74) is -0.129. The fraction of sp³-hybridized carbons (Fsp3) is 0.353. The van der Waals surface area contributed by atoms with E-state index in [4.69, 9.17) is 4.74 Å². The second kappa shape index (κ2) is 6.92. The van der Waals surface area contributed by atoms with E-state index in [9.17, 15) is 14.0 Å². The Morgan fingerprint density at radius 1 is 1.46 bits per heavy atom. The minimum absolute atomic E-state index is 0.0341. The molecule has 1 N–H and O–H groups in total. The molecule has 1 amide bonds. The van der Waals surface area contributed by atoms with Gasteiger partial charge in [-0.2, -0.15) is 5.10 Å². The van der Waals surface area contributed by atoms with Gasteiger partial charge in [0.2, 0.25) is 5.43 Å². The molecule has 1 aromatic carbocycles. The number of carbonyl (C=O) groups excluding carboxylic acids is 1. The second-order valence-corrected chi connectivity index (χ2v) is 5.71. The highest BCUT2D eigenvalue weighted by atomic mass is 19.1. The number of ether oxygens (including phenoxy) is 1. The summed E-state index contributed by atoms with van der Waals surface area (Å²) in [5, 5.41) is 6.72. The Balaban J connectivity index is 1.88. The van der Waals surface area contributed by atoms with E-state index in [-0.39, 0.29) is 17.5 Å². The lowest BCUT2D eigenvalue weighted by molar-refractivity contribution is 0.0851. The first-order chi connectivity index (χ1) is 11.6. The molecule has 1 saturated heterocycles. The zero-order valence-corrected chi connectivity index (χ0v) is 13.3. The molecule has 0 radical (unpaired) electrons. The van der Waals surface area contributed by atoms with E-state index in [1.54, 1.807) is 19.1 Å². The van der Waals surface area contributed by atoms with Gasteiger partial charge in [-0.25, -0.2) is 9.07 Å². The molecule has 0 aliphatic carbocycles. The van der Waals surface area contributed by atoms with Crippen LogP contribution in [0.4, 0.5) is 4.39 Å². The fourth-order valence-electron chi connectivity index (χ4n) is 2.67. The zero-order chi connectivity index (χ0) is 17.1. The molecule has 1 aromatic heterocycles. The number of carbonyl (C=O) groups is 1. The van der Waals surface area contributed by atoms with Crippen molar-refractivity contribution >= 4 is 5.91 Å². The molecule has 0 unspecified atom stereocenters. The molecule has 3 rings (SSSR count). The minimum atomic E-state index is -0.583. The topological polar surface area (TPSA) is 73.2 Å². The van der Waals surface area contributed by atoms with Crippen LogP contribution in [0.2, 0.25) is 0 Å². The summed E-state index contributed by atoms with van der Waals surface area (Å²) < 4.78 is 20.7. The summed E-state index contributed by atoms with van der Waals surface area (Å²) >= 11 is 0. The summed E-state index contributed by atoms with van der Waals surface area (Å²) in [6.45, 7) is 2.64. The predicted molar refractivity (Wildman–Crippen MR) is 85.8 cm³/mol. The molecule has 1 aliphatic rings. The van der Waals surface area contributed by atoms with Crippen molar-refractivity contribution in [3.8, 4) is 5.69 Å². The largest absolute Gasteiger partial charge is 0.376 e. The lowest BCUT2D eigenvalue weighted by atomic mass is 10.2. The van der Waals surface area contributed by atoms with Crippen LogP contribution < -0.4 is 10.7 Å². The highest BCUT2D eigenvalue weighted by molar-refractivity contribution is 5.92. The molecule has 2 heterocycles. The Kier molecular flexibility index (Phi) is 4.71. The normalized spacial score (nSPS) is 17.0. The maximum Gasteiger partial charge on any atom is 0.275 e. The number of hydrogen-bond donors (Lipinski definition) is 1. The SMILES string of the molecule is Cc1cc(=O)c(C(=O)NC[C@H]2CCCO2)nn1-c1ccccc1F. The highest BCUT2D eigenvalue weighted by Crippen LogP contribution is 2.13. The fourth-order valence-corrected chi connectivity index (χ4v) is 2.67. The van der Waals surface area contributed by atoms with Crippen molar-refractivity contribution in [2.75, 3.05) is 13.2 Å². The van der Waals surface area contributed by atoms with Gasteiger partial charge in [0.15, 0.2) is 5.69 Å². The van der Waals surface area contributed by atoms with Gasteiger partial charge in [-0.1, -0.05) is 12.1 Å². The smallest absolute Gasteiger partial charge is 0.275 e. The van der Waals surface area contributed by atoms with E-state index in [2.05, 4.69) is 10.4 Å². The van der Waals surface area contributed by atoms with Crippen LogP contribution in [0.1, 0.15) is 29.0 Å². The van der Waals surface area contributed by atoms with Crippen molar-refractivity contribution in [1.29, 1.82) is 0 Å². The first kappa shape index (κ1) is 16.3. The molecule has 1 aliphatic heterocycles. The van der Waals surface area contributed by atoms with Crippen molar-refractivity contribution in [1.82, 2.24) is 15.1 Å². The van der Waals surface area contributed by atoms with E-state index < -0.39 is 17.2 Å². The van der Waals surface area contributed by atoms with Crippen LogP contribution in [-0.4, -0.2) is 34.9 Å². The van der Waals surface area contributed by atoms with Gasteiger partial charge in [0.1, 0.15) is 11.5 Å². The predicted octanol–water partition coefficient (Wildman–Crippen LogP) is 1.59. The number of para-hydroxylation sites is 1. The van der Waals surface area contributed by atoms with Crippen molar-refractivity contribution in [3.63, 3.8) is 0 Å². The molecule has 0 saturated carbocycles. The van der Waals surface area contributed by atoms with Crippen LogP contribution in [0.5, 0.6) is 0 Å². The molecular weight excluding hydrogens is 313 g/mol. The summed E-state index contributed by atoms with van der Waals surface area (Å²) in [5.74, 6) is -1.07. The van der Waals surface area contributed by atoms with Crippen molar-refractivity contribution in [3.05, 3.63) is 57.8 Å². The van der Waals surface area contributed by atoms with E-state index in [0.717, 1.165) is 12.8 Å². The molecule has 7 heteroatoms. The van der Waals surface area contributed by atoms with E-state index in [1.807, 2.05) is 0 Å². The molecule has 0 bridgehead atoms. The maximum atomic E-state index is 14.0. The van der Waals surface area contributed by atoms with Gasteiger partial charge in [-0.15, -0.1) is 0 Å². The van der Waals surface area contributed by atoms with Crippen molar-refractivity contribution < 1.29 is 13.9 Å². The van der Waals surface area contributed by atoms with E-state index in [1.165, 1.54) is 22.9 Å². The summed E-state index contributed by atoms with van der Waals surface area (Å²) in [6, 6.07) is 7.33.